The third kappa shape index (κ3) is 4.16. The van der Waals surface area contributed by atoms with Crippen LogP contribution in [0.25, 0.3) is 0 Å². The number of methoxy groups -OCH3 is 1. The first-order valence-electron chi connectivity index (χ1n) is 7.12. The summed E-state index contributed by atoms with van der Waals surface area (Å²) in [7, 11) is 1.67. The van der Waals surface area contributed by atoms with E-state index in [0.717, 1.165) is 38.2 Å². The number of para-hydroxylation sites is 1. The smallest absolute Gasteiger partial charge is 0.146 e. The molecule has 5 heteroatoms. The Morgan fingerprint density at radius 2 is 2.25 bits per heavy atom. The van der Waals surface area contributed by atoms with Crippen LogP contribution in [0.3, 0.4) is 0 Å². The molecule has 1 aromatic rings. The van der Waals surface area contributed by atoms with E-state index in [1.54, 1.807) is 13.2 Å². The minimum absolute atomic E-state index is 0.155. The number of anilines is 1. The third-order valence-electron chi connectivity index (χ3n) is 3.41. The highest BCUT2D eigenvalue weighted by molar-refractivity contribution is 5.55. The van der Waals surface area contributed by atoms with E-state index in [4.69, 9.17) is 9.47 Å². The summed E-state index contributed by atoms with van der Waals surface area (Å²) in [6, 6.07) is 5.27. The lowest BCUT2D eigenvalue weighted by atomic mass is 10.1. The van der Waals surface area contributed by atoms with Crippen molar-refractivity contribution in [2.24, 2.45) is 0 Å². The van der Waals surface area contributed by atoms with Crippen molar-refractivity contribution in [2.45, 2.75) is 13.0 Å². The Morgan fingerprint density at radius 3 is 3.10 bits per heavy atom. The first-order chi connectivity index (χ1) is 9.83. The summed E-state index contributed by atoms with van der Waals surface area (Å²) in [6.07, 6.45) is 0.935. The van der Waals surface area contributed by atoms with E-state index in [9.17, 15) is 4.39 Å². The van der Waals surface area contributed by atoms with Crippen molar-refractivity contribution >= 4 is 5.69 Å². The van der Waals surface area contributed by atoms with Gasteiger partial charge in [-0.1, -0.05) is 12.1 Å². The van der Waals surface area contributed by atoms with Gasteiger partial charge in [0.2, 0.25) is 0 Å². The number of hydrogen-bond acceptors (Lipinski definition) is 4. The summed E-state index contributed by atoms with van der Waals surface area (Å²) in [5.74, 6) is -0.155. The van der Waals surface area contributed by atoms with Crippen molar-refractivity contribution in [1.29, 1.82) is 0 Å². The standard InChI is InChI=1S/C15H23FN2O2/c1-19-10-6-17-12-13-4-2-5-14(16)15(13)18-7-3-9-20-11-8-18/h2,4-5,17H,3,6-12H2,1H3. The minimum atomic E-state index is -0.155. The maximum absolute atomic E-state index is 14.2. The zero-order valence-corrected chi connectivity index (χ0v) is 12.0. The van der Waals surface area contributed by atoms with Crippen LogP contribution in [-0.2, 0) is 16.0 Å². The number of halogens is 1. The largest absolute Gasteiger partial charge is 0.383 e. The van der Waals surface area contributed by atoms with Crippen LogP contribution in [0.2, 0.25) is 0 Å². The summed E-state index contributed by atoms with van der Waals surface area (Å²) >= 11 is 0. The van der Waals surface area contributed by atoms with Gasteiger partial charge in [-0.15, -0.1) is 0 Å². The molecule has 0 aliphatic carbocycles. The zero-order valence-electron chi connectivity index (χ0n) is 12.0. The fourth-order valence-corrected chi connectivity index (χ4v) is 2.42. The van der Waals surface area contributed by atoms with Gasteiger partial charge in [-0.2, -0.15) is 0 Å². The van der Waals surface area contributed by atoms with Crippen LogP contribution < -0.4 is 10.2 Å². The van der Waals surface area contributed by atoms with Crippen LogP contribution in [0.1, 0.15) is 12.0 Å². The van der Waals surface area contributed by atoms with Crippen LogP contribution in [0.4, 0.5) is 10.1 Å². The van der Waals surface area contributed by atoms with Gasteiger partial charge in [0.25, 0.3) is 0 Å². The average molecular weight is 282 g/mol. The third-order valence-corrected chi connectivity index (χ3v) is 3.41. The Bertz CT molecular complexity index is 407. The SMILES string of the molecule is COCCNCc1cccc(F)c1N1CCCOCC1. The van der Waals surface area contributed by atoms with E-state index in [-0.39, 0.29) is 5.82 Å². The maximum Gasteiger partial charge on any atom is 0.146 e. The fraction of sp³-hybridized carbons (Fsp3) is 0.600. The summed E-state index contributed by atoms with van der Waals surface area (Å²) in [5, 5.41) is 3.28. The predicted molar refractivity (Wildman–Crippen MR) is 77.6 cm³/mol. The quantitative estimate of drug-likeness (QED) is 0.807. The second kappa shape index (κ2) is 8.19. The second-order valence-corrected chi connectivity index (χ2v) is 4.87. The van der Waals surface area contributed by atoms with Gasteiger partial charge in [-0.25, -0.2) is 4.39 Å². The fourth-order valence-electron chi connectivity index (χ4n) is 2.42. The van der Waals surface area contributed by atoms with Gasteiger partial charge in [-0.3, -0.25) is 0 Å². The summed E-state index contributed by atoms with van der Waals surface area (Å²) in [6.45, 7) is 5.06. The molecule has 0 spiro atoms. The van der Waals surface area contributed by atoms with E-state index >= 15 is 0 Å². The van der Waals surface area contributed by atoms with E-state index in [1.165, 1.54) is 6.07 Å². The van der Waals surface area contributed by atoms with Gasteiger partial charge in [0.1, 0.15) is 5.82 Å². The Balaban J connectivity index is 2.08. The van der Waals surface area contributed by atoms with Crippen molar-refractivity contribution in [2.75, 3.05) is 51.5 Å². The van der Waals surface area contributed by atoms with E-state index < -0.39 is 0 Å². The number of hydrogen-bond donors (Lipinski definition) is 1. The molecule has 1 N–H and O–H groups in total. The lowest BCUT2D eigenvalue weighted by Crippen LogP contribution is -2.29. The molecule has 112 valence electrons. The zero-order chi connectivity index (χ0) is 14.2. The average Bonchev–Trinajstić information content (AvgIpc) is 2.72. The van der Waals surface area contributed by atoms with Gasteiger partial charge in [0.15, 0.2) is 0 Å². The van der Waals surface area contributed by atoms with Crippen LogP contribution in [-0.4, -0.2) is 46.6 Å². The highest BCUT2D eigenvalue weighted by Gasteiger charge is 2.17. The first-order valence-corrected chi connectivity index (χ1v) is 7.12. The molecule has 0 bridgehead atoms. The topological polar surface area (TPSA) is 33.7 Å². The van der Waals surface area contributed by atoms with E-state index in [1.807, 2.05) is 6.07 Å². The lowest BCUT2D eigenvalue weighted by molar-refractivity contribution is 0.152. The molecule has 0 radical (unpaired) electrons. The number of benzene rings is 1. The van der Waals surface area contributed by atoms with E-state index in [2.05, 4.69) is 10.2 Å². The second-order valence-electron chi connectivity index (χ2n) is 4.87. The molecule has 1 aliphatic rings. The molecule has 4 nitrogen and oxygen atoms in total. The summed E-state index contributed by atoms with van der Waals surface area (Å²) < 4.78 is 24.7. The predicted octanol–water partition coefficient (Wildman–Crippen LogP) is 1.79. The normalized spacial score (nSPS) is 16.2. The molecule has 1 aliphatic heterocycles. The van der Waals surface area contributed by atoms with Crippen molar-refractivity contribution in [3.63, 3.8) is 0 Å². The molecule has 1 fully saturated rings. The molecule has 0 atom stereocenters. The van der Waals surface area contributed by atoms with Gasteiger partial charge in [-0.05, 0) is 18.1 Å². The molecule has 0 aromatic heterocycles. The van der Waals surface area contributed by atoms with Gasteiger partial charge in [0, 0.05) is 39.9 Å². The minimum Gasteiger partial charge on any atom is -0.383 e. The van der Waals surface area contributed by atoms with Gasteiger partial charge >= 0.3 is 0 Å². The molecule has 0 amide bonds. The number of nitrogens with zero attached hydrogens (tertiary/aromatic N) is 1. The highest BCUT2D eigenvalue weighted by atomic mass is 19.1. The van der Waals surface area contributed by atoms with Crippen molar-refractivity contribution in [1.82, 2.24) is 5.32 Å². The van der Waals surface area contributed by atoms with Crippen molar-refractivity contribution in [3.05, 3.63) is 29.6 Å². The first kappa shape index (κ1) is 15.2. The number of rotatable bonds is 6. The molecule has 1 aromatic carbocycles. The Morgan fingerprint density at radius 1 is 1.35 bits per heavy atom. The molecule has 2 rings (SSSR count). The van der Waals surface area contributed by atoms with Crippen LogP contribution in [0, 0.1) is 5.82 Å². The van der Waals surface area contributed by atoms with Gasteiger partial charge in [0.05, 0.1) is 18.9 Å². The monoisotopic (exact) mass is 282 g/mol. The Labute approximate surface area is 119 Å². The van der Waals surface area contributed by atoms with E-state index in [0.29, 0.717) is 25.4 Å². The lowest BCUT2D eigenvalue weighted by Gasteiger charge is -2.25. The number of nitrogens with one attached hydrogen (secondary N) is 1. The Kier molecular flexibility index (Phi) is 6.24. The van der Waals surface area contributed by atoms with Crippen LogP contribution >= 0.6 is 0 Å². The molecular weight excluding hydrogens is 259 g/mol. The molecular formula is C15H23FN2O2. The summed E-state index contributed by atoms with van der Waals surface area (Å²) in [4.78, 5) is 2.09. The van der Waals surface area contributed by atoms with Crippen LogP contribution in [0.15, 0.2) is 18.2 Å². The molecule has 1 heterocycles. The molecule has 0 saturated carbocycles. The summed E-state index contributed by atoms with van der Waals surface area (Å²) in [5.41, 5.74) is 1.70. The van der Waals surface area contributed by atoms with Crippen molar-refractivity contribution < 1.29 is 13.9 Å². The maximum atomic E-state index is 14.2. The van der Waals surface area contributed by atoms with Gasteiger partial charge < -0.3 is 19.7 Å². The molecule has 1 saturated heterocycles. The van der Waals surface area contributed by atoms with Crippen molar-refractivity contribution in [3.8, 4) is 0 Å². The Hall–Kier alpha value is -1.17. The van der Waals surface area contributed by atoms with Crippen LogP contribution in [0.5, 0.6) is 0 Å². The molecule has 20 heavy (non-hydrogen) atoms. The molecule has 0 unspecified atom stereocenters. The number of ether oxygens (including phenoxy) is 2. The highest BCUT2D eigenvalue weighted by Crippen LogP contribution is 2.25.